The van der Waals surface area contributed by atoms with E-state index in [-0.39, 0.29) is 11.3 Å². The zero-order chi connectivity index (χ0) is 29.5. The molecule has 1 fully saturated rings. The van der Waals surface area contributed by atoms with Crippen molar-refractivity contribution in [3.8, 4) is 17.2 Å². The minimum Gasteiger partial charge on any atom is -0.507 e. The van der Waals surface area contributed by atoms with Crippen molar-refractivity contribution < 1.29 is 28.9 Å². The number of likely N-dealkylation sites (tertiary alicyclic amines) is 1. The molecule has 0 aromatic heterocycles. The van der Waals surface area contributed by atoms with Crippen LogP contribution in [-0.4, -0.2) is 67.0 Å². The predicted molar refractivity (Wildman–Crippen MR) is 158 cm³/mol. The quantitative estimate of drug-likeness (QED) is 0.182. The van der Waals surface area contributed by atoms with Crippen molar-refractivity contribution in [1.29, 1.82) is 0 Å². The monoisotopic (exact) mass is 558 g/mol. The molecule has 1 N–H and O–H groups in total. The lowest BCUT2D eigenvalue weighted by Crippen LogP contribution is -2.38. The van der Waals surface area contributed by atoms with Crippen LogP contribution in [0.3, 0.4) is 0 Å². The van der Waals surface area contributed by atoms with Crippen molar-refractivity contribution in [3.05, 3.63) is 94.6 Å². The first-order valence-electron chi connectivity index (χ1n) is 13.8. The Labute approximate surface area is 241 Å². The van der Waals surface area contributed by atoms with Crippen LogP contribution in [0.25, 0.3) is 5.76 Å². The molecule has 0 bridgehead atoms. The Morgan fingerprint density at radius 2 is 1.63 bits per heavy atom. The minimum absolute atomic E-state index is 0.0443. The summed E-state index contributed by atoms with van der Waals surface area (Å²) < 4.78 is 16.9. The first-order chi connectivity index (χ1) is 19.8. The number of carbonyl (C=O) groups excluding carboxylic acids is 2. The highest BCUT2D eigenvalue weighted by Crippen LogP contribution is 2.42. The average Bonchev–Trinajstić information content (AvgIpc) is 3.25. The molecule has 4 rings (SSSR count). The van der Waals surface area contributed by atoms with Crippen molar-refractivity contribution in [2.75, 3.05) is 40.4 Å². The number of rotatable bonds is 12. The van der Waals surface area contributed by atoms with Gasteiger partial charge in [0.2, 0.25) is 0 Å². The summed E-state index contributed by atoms with van der Waals surface area (Å²) >= 11 is 0. The molecule has 3 aromatic carbocycles. The zero-order valence-corrected chi connectivity index (χ0v) is 24.3. The number of Topliss-reactive ketones (excluding diaryl/α,β-unsaturated/α-hetero) is 1. The summed E-state index contributed by atoms with van der Waals surface area (Å²) in [7, 11) is 3.08. The Morgan fingerprint density at radius 3 is 2.27 bits per heavy atom. The Balaban J connectivity index is 1.74. The Morgan fingerprint density at radius 1 is 0.927 bits per heavy atom. The van der Waals surface area contributed by atoms with Crippen LogP contribution in [0.4, 0.5) is 0 Å². The third-order valence-corrected chi connectivity index (χ3v) is 7.52. The van der Waals surface area contributed by atoms with E-state index in [0.717, 1.165) is 18.7 Å². The van der Waals surface area contributed by atoms with Crippen LogP contribution < -0.4 is 14.2 Å². The van der Waals surface area contributed by atoms with Crippen LogP contribution in [0.5, 0.6) is 17.2 Å². The fourth-order valence-electron chi connectivity index (χ4n) is 5.15. The average molecular weight is 559 g/mol. The van der Waals surface area contributed by atoms with Gasteiger partial charge in [0.15, 0.2) is 11.5 Å². The summed E-state index contributed by atoms with van der Waals surface area (Å²) in [5.41, 5.74) is 2.90. The lowest BCUT2D eigenvalue weighted by atomic mass is 9.93. The molecule has 8 heteroatoms. The number of nitrogens with zero attached hydrogens (tertiary/aromatic N) is 2. The minimum atomic E-state index is -0.793. The zero-order valence-electron chi connectivity index (χ0n) is 24.3. The third-order valence-electron chi connectivity index (χ3n) is 7.52. The number of amides is 1. The van der Waals surface area contributed by atoms with Gasteiger partial charge in [-0.25, -0.2) is 0 Å². The number of hydrogen-bond donors (Lipinski definition) is 1. The van der Waals surface area contributed by atoms with Gasteiger partial charge in [-0.1, -0.05) is 50.2 Å². The van der Waals surface area contributed by atoms with Crippen LogP contribution in [0.2, 0.25) is 0 Å². The molecule has 216 valence electrons. The number of ketones is 1. The van der Waals surface area contributed by atoms with Gasteiger partial charge in [0.1, 0.15) is 18.1 Å². The Bertz CT molecular complexity index is 1410. The maximum Gasteiger partial charge on any atom is 0.295 e. The molecule has 0 aliphatic carbocycles. The smallest absolute Gasteiger partial charge is 0.295 e. The fraction of sp³-hybridized carbons (Fsp3) is 0.333. The van der Waals surface area contributed by atoms with Gasteiger partial charge >= 0.3 is 0 Å². The van der Waals surface area contributed by atoms with Gasteiger partial charge < -0.3 is 29.1 Å². The van der Waals surface area contributed by atoms with Gasteiger partial charge in [-0.15, -0.1) is 0 Å². The van der Waals surface area contributed by atoms with Gasteiger partial charge in [-0.3, -0.25) is 9.59 Å². The number of aliphatic hydroxyl groups excluding tert-OH is 1. The number of hydrogen-bond acceptors (Lipinski definition) is 7. The molecule has 1 atom stereocenters. The summed E-state index contributed by atoms with van der Waals surface area (Å²) in [5, 5.41) is 11.6. The highest BCUT2D eigenvalue weighted by molar-refractivity contribution is 6.46. The van der Waals surface area contributed by atoms with Crippen LogP contribution in [0.15, 0.2) is 72.3 Å². The maximum absolute atomic E-state index is 13.5. The molecule has 1 amide bonds. The van der Waals surface area contributed by atoms with E-state index < -0.39 is 17.7 Å². The topological polar surface area (TPSA) is 88.5 Å². The molecule has 3 aromatic rings. The molecule has 0 radical (unpaired) electrons. The lowest BCUT2D eigenvalue weighted by molar-refractivity contribution is -0.140. The molecule has 8 nitrogen and oxygen atoms in total. The highest BCUT2D eigenvalue weighted by atomic mass is 16.5. The maximum atomic E-state index is 13.5. The molecule has 1 heterocycles. The van der Waals surface area contributed by atoms with Gasteiger partial charge in [0, 0.05) is 18.7 Å². The van der Waals surface area contributed by atoms with Crippen LogP contribution >= 0.6 is 0 Å². The van der Waals surface area contributed by atoms with E-state index in [0.29, 0.717) is 53.6 Å². The van der Waals surface area contributed by atoms with Gasteiger partial charge in [-0.2, -0.15) is 0 Å². The van der Waals surface area contributed by atoms with E-state index in [2.05, 4.69) is 18.7 Å². The first kappa shape index (κ1) is 29.7. The van der Waals surface area contributed by atoms with Gasteiger partial charge in [0.05, 0.1) is 25.8 Å². The lowest BCUT2D eigenvalue weighted by Gasteiger charge is -2.28. The van der Waals surface area contributed by atoms with Crippen molar-refractivity contribution in [2.45, 2.75) is 33.4 Å². The molecule has 0 spiro atoms. The second-order valence-corrected chi connectivity index (χ2v) is 9.88. The van der Waals surface area contributed by atoms with Crippen LogP contribution in [-0.2, 0) is 16.2 Å². The number of ether oxygens (including phenoxy) is 3. The molecule has 0 saturated carbocycles. The predicted octanol–water partition coefficient (Wildman–Crippen LogP) is 5.35. The first-order valence-corrected chi connectivity index (χ1v) is 13.8. The fourth-order valence-corrected chi connectivity index (χ4v) is 5.15. The molecular formula is C33H38N2O6. The van der Waals surface area contributed by atoms with Crippen molar-refractivity contribution >= 4 is 17.4 Å². The van der Waals surface area contributed by atoms with E-state index in [1.54, 1.807) is 42.3 Å². The summed E-state index contributed by atoms with van der Waals surface area (Å²) in [6.45, 7) is 8.91. The molecule has 1 saturated heterocycles. The number of aliphatic hydroxyl groups is 1. The second kappa shape index (κ2) is 13.4. The van der Waals surface area contributed by atoms with Gasteiger partial charge in [0.25, 0.3) is 11.7 Å². The van der Waals surface area contributed by atoms with E-state index in [4.69, 9.17) is 14.2 Å². The Kier molecular flexibility index (Phi) is 9.68. The molecular weight excluding hydrogens is 520 g/mol. The molecule has 1 aliphatic heterocycles. The number of aryl methyl sites for hydroxylation is 1. The van der Waals surface area contributed by atoms with Crippen molar-refractivity contribution in [3.63, 3.8) is 0 Å². The molecule has 0 unspecified atom stereocenters. The van der Waals surface area contributed by atoms with Crippen LogP contribution in [0, 0.1) is 6.92 Å². The number of methoxy groups -OCH3 is 2. The van der Waals surface area contributed by atoms with E-state index >= 15 is 0 Å². The van der Waals surface area contributed by atoms with Crippen molar-refractivity contribution in [2.24, 2.45) is 0 Å². The van der Waals surface area contributed by atoms with E-state index in [1.807, 2.05) is 43.3 Å². The molecule has 1 aliphatic rings. The summed E-state index contributed by atoms with van der Waals surface area (Å²) in [4.78, 5) is 30.6. The van der Waals surface area contributed by atoms with E-state index in [9.17, 15) is 14.7 Å². The summed E-state index contributed by atoms with van der Waals surface area (Å²) in [6, 6.07) is 19.6. The second-order valence-electron chi connectivity index (χ2n) is 9.88. The number of likely N-dealkylation sites (N-methyl/N-ethyl adjacent to an activating group) is 1. The van der Waals surface area contributed by atoms with Gasteiger partial charge in [-0.05, 0) is 67.0 Å². The summed E-state index contributed by atoms with van der Waals surface area (Å²) in [6.07, 6.45) is 0. The standard InChI is InChI=1S/C33H38N2O6/c1-6-34(7-2)17-18-35-30(24-13-16-27(39-4)28(20-24)40-5)29(32(37)33(35)38)31(36)26-15-14-25(19-22(26)3)41-21-23-11-9-8-10-12-23/h8-16,19-20,30,36H,6-7,17-18,21H2,1-5H3/t30-/m0/s1. The highest BCUT2D eigenvalue weighted by Gasteiger charge is 2.46. The summed E-state index contributed by atoms with van der Waals surface area (Å²) in [5.74, 6) is 0.0536. The normalized spacial score (nSPS) is 16.3. The van der Waals surface area contributed by atoms with E-state index in [1.165, 1.54) is 7.11 Å². The third kappa shape index (κ3) is 6.38. The SMILES string of the molecule is CCN(CC)CCN1C(=O)C(=O)C(=C(O)c2ccc(OCc3ccccc3)cc2C)[C@@H]1c1ccc(OC)c(OC)c1. The van der Waals surface area contributed by atoms with Crippen LogP contribution in [0.1, 0.15) is 42.1 Å². The largest absolute Gasteiger partial charge is 0.507 e. The Hall–Kier alpha value is -4.30. The number of carbonyl (C=O) groups is 2. The number of benzene rings is 3. The molecule has 41 heavy (non-hydrogen) atoms. The van der Waals surface area contributed by atoms with Crippen molar-refractivity contribution in [1.82, 2.24) is 9.80 Å².